The van der Waals surface area contributed by atoms with E-state index in [1.165, 1.54) is 0 Å². The van der Waals surface area contributed by atoms with Gasteiger partial charge in [0.25, 0.3) is 0 Å². The molecule has 0 atom stereocenters. The quantitative estimate of drug-likeness (QED) is 0.491. The molecule has 0 aliphatic carbocycles. The Balaban J connectivity index is 0. The summed E-state index contributed by atoms with van der Waals surface area (Å²) in [5.74, 6) is 3.92. The number of aliphatic hydroxyl groups excluding tert-OH is 1. The van der Waals surface area contributed by atoms with E-state index >= 15 is 0 Å². The topological polar surface area (TPSA) is 20.2 Å². The lowest BCUT2D eigenvalue weighted by molar-refractivity contribution is 0.295. The molecule has 0 heterocycles. The lowest BCUT2D eigenvalue weighted by atomic mass is 10.5. The largest absolute Gasteiger partial charge is 0.396 e. The standard InChI is InChI=1S/C4H2.C3H8O/c1-3-4-2;1-2-3-4/h1-2H;4H,2-3H2,1H3. The van der Waals surface area contributed by atoms with Gasteiger partial charge in [0, 0.05) is 6.61 Å². The third-order valence-corrected chi connectivity index (χ3v) is 0.307. The molecule has 0 saturated carbocycles. The minimum Gasteiger partial charge on any atom is -0.396 e. The maximum Gasteiger partial charge on any atom is 0.0428 e. The van der Waals surface area contributed by atoms with Gasteiger partial charge in [-0.2, -0.15) is 0 Å². The molecule has 44 valence electrons. The second kappa shape index (κ2) is 16.5. The Kier molecular flexibility index (Phi) is 21.0. The van der Waals surface area contributed by atoms with Gasteiger partial charge in [0.15, 0.2) is 0 Å². The highest BCUT2D eigenvalue weighted by atomic mass is 16.2. The number of rotatable bonds is 1. The van der Waals surface area contributed by atoms with Crippen LogP contribution in [0.4, 0.5) is 0 Å². The zero-order valence-electron chi connectivity index (χ0n) is 5.02. The number of terminal acetylenes is 2. The van der Waals surface area contributed by atoms with Gasteiger partial charge in [0.05, 0.1) is 0 Å². The van der Waals surface area contributed by atoms with Crippen molar-refractivity contribution in [2.75, 3.05) is 6.61 Å². The minimum absolute atomic E-state index is 0.319. The summed E-state index contributed by atoms with van der Waals surface area (Å²) in [5, 5.41) is 7.88. The summed E-state index contributed by atoms with van der Waals surface area (Å²) in [7, 11) is 0. The predicted molar refractivity (Wildman–Crippen MR) is 35.0 cm³/mol. The Bertz CT molecular complexity index is 77.9. The van der Waals surface area contributed by atoms with E-state index in [-0.39, 0.29) is 0 Å². The lowest BCUT2D eigenvalue weighted by Gasteiger charge is -1.69. The molecule has 1 heteroatoms. The molecule has 0 aromatic heterocycles. The molecule has 1 N–H and O–H groups in total. The highest BCUT2D eigenvalue weighted by Gasteiger charge is 1.57. The van der Waals surface area contributed by atoms with Crippen molar-refractivity contribution in [3.63, 3.8) is 0 Å². The van der Waals surface area contributed by atoms with Crippen LogP contribution in [0.15, 0.2) is 0 Å². The molecule has 0 aliphatic heterocycles. The van der Waals surface area contributed by atoms with Crippen LogP contribution < -0.4 is 0 Å². The average molecular weight is 110 g/mol. The molecule has 0 bridgehead atoms. The first-order valence-electron chi connectivity index (χ1n) is 2.35. The molecule has 0 aliphatic rings. The van der Waals surface area contributed by atoms with E-state index < -0.39 is 0 Å². The molecule has 0 amide bonds. The van der Waals surface area contributed by atoms with Crippen molar-refractivity contribution < 1.29 is 5.11 Å². The summed E-state index contributed by atoms with van der Waals surface area (Å²) in [6.45, 7) is 2.25. The second-order valence-electron chi connectivity index (χ2n) is 1.01. The molecule has 0 radical (unpaired) electrons. The van der Waals surface area contributed by atoms with Crippen LogP contribution >= 0.6 is 0 Å². The molecule has 0 aromatic carbocycles. The van der Waals surface area contributed by atoms with Crippen molar-refractivity contribution in [1.29, 1.82) is 0 Å². The normalized spacial score (nSPS) is 5.00. The number of hydrogen-bond donors (Lipinski definition) is 1. The zero-order chi connectivity index (χ0) is 6.83. The van der Waals surface area contributed by atoms with Crippen LogP contribution in [0.25, 0.3) is 0 Å². The van der Waals surface area contributed by atoms with E-state index in [1.807, 2.05) is 18.8 Å². The molecule has 0 spiro atoms. The van der Waals surface area contributed by atoms with E-state index in [0.29, 0.717) is 6.61 Å². The first-order valence-corrected chi connectivity index (χ1v) is 2.35. The second-order valence-corrected chi connectivity index (χ2v) is 1.01. The Morgan fingerprint density at radius 2 is 1.62 bits per heavy atom. The van der Waals surface area contributed by atoms with E-state index in [9.17, 15) is 0 Å². The molecular weight excluding hydrogens is 100 g/mol. The van der Waals surface area contributed by atoms with Crippen LogP contribution in [0.1, 0.15) is 13.3 Å². The first-order chi connectivity index (χ1) is 3.83. The Morgan fingerprint density at radius 1 is 1.38 bits per heavy atom. The van der Waals surface area contributed by atoms with E-state index in [0.717, 1.165) is 6.42 Å². The highest BCUT2D eigenvalue weighted by molar-refractivity contribution is 5.15. The van der Waals surface area contributed by atoms with Crippen LogP contribution in [-0.2, 0) is 0 Å². The van der Waals surface area contributed by atoms with Crippen molar-refractivity contribution in [2.24, 2.45) is 0 Å². The first kappa shape index (κ1) is 10.1. The van der Waals surface area contributed by atoms with E-state index in [1.54, 1.807) is 0 Å². The van der Waals surface area contributed by atoms with Gasteiger partial charge in [-0.1, -0.05) is 6.92 Å². The van der Waals surface area contributed by atoms with Crippen molar-refractivity contribution in [2.45, 2.75) is 13.3 Å². The van der Waals surface area contributed by atoms with Crippen molar-refractivity contribution in [1.82, 2.24) is 0 Å². The third kappa shape index (κ3) is 72.5. The fraction of sp³-hybridized carbons (Fsp3) is 0.429. The summed E-state index contributed by atoms with van der Waals surface area (Å²) in [6, 6.07) is 0. The highest BCUT2D eigenvalue weighted by Crippen LogP contribution is 1.61. The smallest absolute Gasteiger partial charge is 0.0428 e. The van der Waals surface area contributed by atoms with Gasteiger partial charge in [0.2, 0.25) is 0 Å². The molecule has 0 fully saturated rings. The summed E-state index contributed by atoms with van der Waals surface area (Å²) in [4.78, 5) is 0. The van der Waals surface area contributed by atoms with Crippen LogP contribution in [0.5, 0.6) is 0 Å². The average Bonchev–Trinajstić information content (AvgIpc) is 1.88. The van der Waals surface area contributed by atoms with Crippen LogP contribution in [0.2, 0.25) is 0 Å². The molecule has 0 saturated heterocycles. The van der Waals surface area contributed by atoms with Gasteiger partial charge in [0.1, 0.15) is 0 Å². The summed E-state index contributed by atoms with van der Waals surface area (Å²) in [6.07, 6.45) is 9.96. The van der Waals surface area contributed by atoms with Crippen molar-refractivity contribution in [3.8, 4) is 24.7 Å². The predicted octanol–water partition coefficient (Wildman–Crippen LogP) is 0.641. The lowest BCUT2D eigenvalue weighted by Crippen LogP contribution is -1.69. The van der Waals surface area contributed by atoms with Gasteiger partial charge >= 0.3 is 0 Å². The Labute approximate surface area is 50.7 Å². The van der Waals surface area contributed by atoms with Gasteiger partial charge in [-0.25, -0.2) is 0 Å². The summed E-state index contributed by atoms with van der Waals surface area (Å²) < 4.78 is 0. The zero-order valence-corrected chi connectivity index (χ0v) is 5.02. The van der Waals surface area contributed by atoms with E-state index in [2.05, 4.69) is 12.8 Å². The van der Waals surface area contributed by atoms with Crippen LogP contribution in [0.3, 0.4) is 0 Å². The third-order valence-electron chi connectivity index (χ3n) is 0.307. The van der Waals surface area contributed by atoms with Crippen LogP contribution in [0, 0.1) is 24.7 Å². The maximum atomic E-state index is 7.88. The SMILES string of the molecule is C#CC#C.CCCO. The molecule has 0 unspecified atom stereocenters. The van der Waals surface area contributed by atoms with Crippen molar-refractivity contribution in [3.05, 3.63) is 0 Å². The van der Waals surface area contributed by atoms with Crippen LogP contribution in [-0.4, -0.2) is 11.7 Å². The maximum absolute atomic E-state index is 7.88. The minimum atomic E-state index is 0.319. The Hall–Kier alpha value is -0.920. The van der Waals surface area contributed by atoms with Gasteiger partial charge < -0.3 is 5.11 Å². The molecule has 0 aromatic rings. The fourth-order valence-corrected chi connectivity index (χ4v) is 0. The van der Waals surface area contributed by atoms with E-state index in [4.69, 9.17) is 5.11 Å². The van der Waals surface area contributed by atoms with Crippen molar-refractivity contribution >= 4 is 0 Å². The summed E-state index contributed by atoms with van der Waals surface area (Å²) in [5.41, 5.74) is 0. The molecular formula is C7H10O. The summed E-state index contributed by atoms with van der Waals surface area (Å²) >= 11 is 0. The fourth-order valence-electron chi connectivity index (χ4n) is 0. The number of aliphatic hydroxyl groups is 1. The monoisotopic (exact) mass is 110 g/mol. The molecule has 0 rings (SSSR count). The Morgan fingerprint density at radius 3 is 1.62 bits per heavy atom. The molecule has 1 nitrogen and oxygen atoms in total. The number of hydrogen-bond acceptors (Lipinski definition) is 1. The molecule has 8 heavy (non-hydrogen) atoms. The van der Waals surface area contributed by atoms with Gasteiger partial charge in [-0.15, -0.1) is 12.8 Å². The van der Waals surface area contributed by atoms with Gasteiger partial charge in [-0.3, -0.25) is 0 Å². The van der Waals surface area contributed by atoms with Gasteiger partial charge in [-0.05, 0) is 18.3 Å².